The van der Waals surface area contributed by atoms with Crippen LogP contribution < -0.4 is 0 Å². The second kappa shape index (κ2) is 1.79. The second-order valence-electron chi connectivity index (χ2n) is 1.56. The molecule has 0 aliphatic carbocycles. The van der Waals surface area contributed by atoms with Gasteiger partial charge in [0.1, 0.15) is 0 Å². The minimum atomic E-state index is -4.26. The third-order valence-corrected chi connectivity index (χ3v) is 0.897. The topological polar surface area (TPSA) is 4.93 Å². The molecule has 0 bridgehead atoms. The first-order valence-corrected chi connectivity index (χ1v) is 2.31. The van der Waals surface area contributed by atoms with Crippen molar-refractivity contribution in [3.05, 3.63) is 24.5 Å². The number of aromatic nitrogens is 1. The third kappa shape index (κ3) is 1.25. The Hall–Kier alpha value is -0.930. The zero-order valence-corrected chi connectivity index (χ0v) is 4.39. The molecule has 0 atom stereocenters. The van der Waals surface area contributed by atoms with E-state index in [4.69, 9.17) is 0 Å². The van der Waals surface area contributed by atoms with Crippen LogP contribution in [0, 0.1) is 0 Å². The molecule has 50 valence electrons. The zero-order valence-electron chi connectivity index (χ0n) is 4.39. The van der Waals surface area contributed by atoms with E-state index in [2.05, 4.69) is 0 Å². The monoisotopic (exact) mass is 135 g/mol. The van der Waals surface area contributed by atoms with E-state index in [1.807, 2.05) is 0 Å². The Morgan fingerprint density at radius 2 is 1.44 bits per heavy atom. The van der Waals surface area contributed by atoms with Gasteiger partial charge in [0.05, 0.1) is 0 Å². The molecular formula is C5H4F3N. The molecule has 0 amide bonds. The standard InChI is InChI=1S/C5H4F3N/c6-5(7,8)9-3-1-2-4-9/h1-4H. The molecule has 0 saturated carbocycles. The fraction of sp³-hybridized carbons (Fsp3) is 0.200. The van der Waals surface area contributed by atoms with E-state index in [1.165, 1.54) is 12.1 Å². The number of hydrogen-bond acceptors (Lipinski definition) is 0. The summed E-state index contributed by atoms with van der Waals surface area (Å²) in [5.41, 5.74) is 0. The lowest BCUT2D eigenvalue weighted by molar-refractivity contribution is -0.203. The number of rotatable bonds is 0. The Morgan fingerprint density at radius 1 is 1.00 bits per heavy atom. The highest BCUT2D eigenvalue weighted by atomic mass is 19.4. The molecule has 0 aliphatic heterocycles. The van der Waals surface area contributed by atoms with Crippen molar-refractivity contribution < 1.29 is 13.2 Å². The molecule has 0 saturated heterocycles. The fourth-order valence-electron chi connectivity index (χ4n) is 0.504. The minimum absolute atomic E-state index is 0.188. The van der Waals surface area contributed by atoms with E-state index in [0.29, 0.717) is 0 Å². The summed E-state index contributed by atoms with van der Waals surface area (Å²) in [5, 5.41) is 0. The summed E-state index contributed by atoms with van der Waals surface area (Å²) in [6, 6.07) is 2.65. The maximum absolute atomic E-state index is 11.6. The second-order valence-corrected chi connectivity index (χ2v) is 1.56. The first-order chi connectivity index (χ1) is 4.11. The molecule has 0 N–H and O–H groups in total. The maximum atomic E-state index is 11.6. The van der Waals surface area contributed by atoms with E-state index in [1.54, 1.807) is 0 Å². The average Bonchev–Trinajstić information content (AvgIpc) is 2.08. The molecule has 9 heavy (non-hydrogen) atoms. The van der Waals surface area contributed by atoms with Crippen molar-refractivity contribution >= 4 is 0 Å². The van der Waals surface area contributed by atoms with Gasteiger partial charge >= 0.3 is 6.30 Å². The van der Waals surface area contributed by atoms with Crippen molar-refractivity contribution in [1.82, 2.24) is 4.57 Å². The van der Waals surface area contributed by atoms with Crippen LogP contribution in [0.2, 0.25) is 0 Å². The van der Waals surface area contributed by atoms with Crippen molar-refractivity contribution in [3.63, 3.8) is 0 Å². The lowest BCUT2D eigenvalue weighted by Crippen LogP contribution is -2.13. The Bertz CT molecular complexity index is 175. The van der Waals surface area contributed by atoms with Gasteiger partial charge in [-0.3, -0.25) is 4.57 Å². The van der Waals surface area contributed by atoms with Crippen LogP contribution in [-0.2, 0) is 6.30 Å². The van der Waals surface area contributed by atoms with Crippen molar-refractivity contribution in [2.45, 2.75) is 6.30 Å². The third-order valence-electron chi connectivity index (χ3n) is 0.897. The summed E-state index contributed by atoms with van der Waals surface area (Å²) in [6.07, 6.45) is -2.34. The summed E-state index contributed by atoms with van der Waals surface area (Å²) < 4.78 is 34.9. The van der Waals surface area contributed by atoms with Crippen LogP contribution in [0.3, 0.4) is 0 Å². The van der Waals surface area contributed by atoms with Crippen molar-refractivity contribution in [1.29, 1.82) is 0 Å². The normalized spacial score (nSPS) is 11.9. The van der Waals surface area contributed by atoms with Crippen LogP contribution in [0.15, 0.2) is 24.5 Å². The Kier molecular flexibility index (Phi) is 1.23. The lowest BCUT2D eigenvalue weighted by atomic mass is 10.7. The number of nitrogens with zero attached hydrogens (tertiary/aromatic N) is 1. The quantitative estimate of drug-likeness (QED) is 0.512. The molecule has 0 aromatic carbocycles. The summed E-state index contributed by atoms with van der Waals surface area (Å²) in [6.45, 7) is 0. The van der Waals surface area contributed by atoms with Gasteiger partial charge in [0, 0.05) is 12.4 Å². The molecule has 0 aliphatic rings. The van der Waals surface area contributed by atoms with Gasteiger partial charge in [-0.15, -0.1) is 13.2 Å². The van der Waals surface area contributed by atoms with E-state index in [-0.39, 0.29) is 4.57 Å². The maximum Gasteiger partial charge on any atom is 0.488 e. The summed E-state index contributed by atoms with van der Waals surface area (Å²) in [4.78, 5) is 0. The highest BCUT2D eigenvalue weighted by Gasteiger charge is 2.28. The van der Waals surface area contributed by atoms with Crippen molar-refractivity contribution in [2.75, 3.05) is 0 Å². The first-order valence-electron chi connectivity index (χ1n) is 2.31. The largest absolute Gasteiger partial charge is 0.488 e. The average molecular weight is 135 g/mol. The Morgan fingerprint density at radius 3 is 1.67 bits per heavy atom. The summed E-state index contributed by atoms with van der Waals surface area (Å²) >= 11 is 0. The molecule has 1 aromatic rings. The SMILES string of the molecule is FC(F)(F)n1cccc1. The predicted octanol–water partition coefficient (Wildman–Crippen LogP) is 1.96. The van der Waals surface area contributed by atoms with Gasteiger partial charge in [-0.1, -0.05) is 0 Å². The molecule has 1 aromatic heterocycles. The van der Waals surface area contributed by atoms with Gasteiger partial charge < -0.3 is 0 Å². The van der Waals surface area contributed by atoms with Gasteiger partial charge in [-0.2, -0.15) is 0 Å². The molecule has 0 fully saturated rings. The van der Waals surface area contributed by atoms with E-state index >= 15 is 0 Å². The molecular weight excluding hydrogens is 131 g/mol. The van der Waals surface area contributed by atoms with Crippen LogP contribution in [0.4, 0.5) is 13.2 Å². The Labute approximate surface area is 49.7 Å². The predicted molar refractivity (Wildman–Crippen MR) is 25.7 cm³/mol. The fourth-order valence-corrected chi connectivity index (χ4v) is 0.504. The highest BCUT2D eigenvalue weighted by molar-refractivity contribution is 4.91. The van der Waals surface area contributed by atoms with E-state index in [9.17, 15) is 13.2 Å². The molecule has 0 radical (unpaired) electrons. The molecule has 1 nitrogen and oxygen atoms in total. The summed E-state index contributed by atoms with van der Waals surface area (Å²) in [5.74, 6) is 0. The van der Waals surface area contributed by atoms with E-state index < -0.39 is 6.30 Å². The zero-order chi connectivity index (χ0) is 6.91. The van der Waals surface area contributed by atoms with Gasteiger partial charge in [-0.25, -0.2) is 0 Å². The smallest absolute Gasteiger partial charge is 0.266 e. The van der Waals surface area contributed by atoms with Gasteiger partial charge in [0.25, 0.3) is 0 Å². The van der Waals surface area contributed by atoms with Crippen LogP contribution in [0.25, 0.3) is 0 Å². The minimum Gasteiger partial charge on any atom is -0.266 e. The number of alkyl halides is 3. The van der Waals surface area contributed by atoms with Gasteiger partial charge in [-0.05, 0) is 12.1 Å². The van der Waals surface area contributed by atoms with Crippen LogP contribution in [-0.4, -0.2) is 4.57 Å². The van der Waals surface area contributed by atoms with Gasteiger partial charge in [0.2, 0.25) is 0 Å². The summed E-state index contributed by atoms with van der Waals surface area (Å²) in [7, 11) is 0. The first kappa shape index (κ1) is 6.19. The Balaban J connectivity index is 2.90. The number of hydrogen-bond donors (Lipinski definition) is 0. The highest BCUT2D eigenvalue weighted by Crippen LogP contribution is 2.20. The van der Waals surface area contributed by atoms with Crippen molar-refractivity contribution in [3.8, 4) is 0 Å². The molecule has 1 rings (SSSR count). The number of halogens is 3. The van der Waals surface area contributed by atoms with Crippen molar-refractivity contribution in [2.24, 2.45) is 0 Å². The molecule has 4 heteroatoms. The lowest BCUT2D eigenvalue weighted by Gasteiger charge is -2.05. The van der Waals surface area contributed by atoms with E-state index in [0.717, 1.165) is 12.4 Å². The van der Waals surface area contributed by atoms with Crippen LogP contribution >= 0.6 is 0 Å². The molecule has 1 heterocycles. The molecule has 0 unspecified atom stereocenters. The van der Waals surface area contributed by atoms with Gasteiger partial charge in [0.15, 0.2) is 0 Å². The van der Waals surface area contributed by atoms with Crippen LogP contribution in [0.1, 0.15) is 0 Å². The molecule has 0 spiro atoms. The van der Waals surface area contributed by atoms with Crippen LogP contribution in [0.5, 0.6) is 0 Å².